The average Bonchev–Trinajstić information content (AvgIpc) is 2.96. The van der Waals surface area contributed by atoms with Crippen molar-refractivity contribution in [1.29, 1.82) is 0 Å². The van der Waals surface area contributed by atoms with Crippen LogP contribution in [0.1, 0.15) is 56.7 Å². The Balaban J connectivity index is 1.51. The van der Waals surface area contributed by atoms with Crippen LogP contribution in [0.2, 0.25) is 0 Å². The first-order valence-corrected chi connectivity index (χ1v) is 8.45. The molecular formula is C14H23N3OS. The molecule has 19 heavy (non-hydrogen) atoms. The molecule has 3 rings (SSSR count). The highest BCUT2D eigenvalue weighted by Gasteiger charge is 2.31. The van der Waals surface area contributed by atoms with Crippen molar-refractivity contribution in [2.24, 2.45) is 0 Å². The van der Waals surface area contributed by atoms with E-state index in [0.29, 0.717) is 12.0 Å². The van der Waals surface area contributed by atoms with Gasteiger partial charge in [-0.3, -0.25) is 4.90 Å². The van der Waals surface area contributed by atoms with Crippen molar-refractivity contribution in [3.05, 3.63) is 11.7 Å². The van der Waals surface area contributed by atoms with Crippen molar-refractivity contribution in [2.75, 3.05) is 12.8 Å². The minimum atomic E-state index is 0.559. The third kappa shape index (κ3) is 3.31. The molecule has 0 unspecified atom stereocenters. The van der Waals surface area contributed by atoms with Crippen molar-refractivity contribution in [3.63, 3.8) is 0 Å². The summed E-state index contributed by atoms with van der Waals surface area (Å²) in [7, 11) is 2.19. The van der Waals surface area contributed by atoms with Crippen molar-refractivity contribution in [2.45, 2.75) is 62.8 Å². The topological polar surface area (TPSA) is 42.2 Å². The summed E-state index contributed by atoms with van der Waals surface area (Å²) >= 11 is 2.11. The van der Waals surface area contributed by atoms with Crippen molar-refractivity contribution < 1.29 is 4.52 Å². The van der Waals surface area contributed by atoms with Crippen LogP contribution in [0.15, 0.2) is 4.52 Å². The third-order valence-corrected chi connectivity index (χ3v) is 5.42. The van der Waals surface area contributed by atoms with Crippen LogP contribution in [0.5, 0.6) is 0 Å². The second-order valence-corrected chi connectivity index (χ2v) is 7.36. The Labute approximate surface area is 119 Å². The van der Waals surface area contributed by atoms with Gasteiger partial charge in [0.15, 0.2) is 5.82 Å². The van der Waals surface area contributed by atoms with E-state index in [0.717, 1.165) is 23.5 Å². The molecule has 0 N–H and O–H groups in total. The first kappa shape index (κ1) is 13.4. The van der Waals surface area contributed by atoms with Gasteiger partial charge in [-0.2, -0.15) is 16.7 Å². The van der Waals surface area contributed by atoms with Gasteiger partial charge >= 0.3 is 0 Å². The van der Waals surface area contributed by atoms with Crippen molar-refractivity contribution >= 4 is 11.8 Å². The number of hydrogen-bond acceptors (Lipinski definition) is 5. The maximum absolute atomic E-state index is 5.32. The average molecular weight is 281 g/mol. The van der Waals surface area contributed by atoms with E-state index < -0.39 is 0 Å². The Bertz CT molecular complexity index is 419. The number of rotatable bonds is 6. The molecule has 106 valence electrons. The molecule has 1 aromatic heterocycles. The van der Waals surface area contributed by atoms with Crippen LogP contribution in [0, 0.1) is 0 Å². The Kier molecular flexibility index (Phi) is 4.12. The largest absolute Gasteiger partial charge is 0.339 e. The fourth-order valence-corrected chi connectivity index (χ4v) is 4.02. The van der Waals surface area contributed by atoms with Crippen molar-refractivity contribution in [3.8, 4) is 0 Å². The van der Waals surface area contributed by atoms with Crippen LogP contribution < -0.4 is 0 Å². The maximum atomic E-state index is 5.32. The van der Waals surface area contributed by atoms with E-state index in [2.05, 4.69) is 40.8 Å². The standard InChI is InChI=1S/C14H23N3OS/c1-3-19-12-7-6-11(8-12)17(2)9-13-15-14(18-16-13)10-4-5-10/h10-12H,3-9H2,1-2H3/t11-,12+/m0/s1. The lowest BCUT2D eigenvalue weighted by atomic mass is 10.2. The molecule has 0 saturated heterocycles. The smallest absolute Gasteiger partial charge is 0.229 e. The Hall–Kier alpha value is -0.550. The first-order chi connectivity index (χ1) is 9.26. The predicted octanol–water partition coefficient (Wildman–Crippen LogP) is 3.05. The summed E-state index contributed by atoms with van der Waals surface area (Å²) in [4.78, 5) is 6.91. The van der Waals surface area contributed by atoms with E-state index in [9.17, 15) is 0 Å². The zero-order chi connectivity index (χ0) is 13.2. The number of thioether (sulfide) groups is 1. The van der Waals surface area contributed by atoms with Gasteiger partial charge in [-0.25, -0.2) is 0 Å². The van der Waals surface area contributed by atoms with E-state index in [1.54, 1.807) is 0 Å². The molecule has 2 atom stereocenters. The van der Waals surface area contributed by atoms with E-state index in [4.69, 9.17) is 4.52 Å². The predicted molar refractivity (Wildman–Crippen MR) is 77.3 cm³/mol. The van der Waals surface area contributed by atoms with Gasteiger partial charge in [0.05, 0.1) is 6.54 Å². The van der Waals surface area contributed by atoms with Crippen LogP contribution in [-0.2, 0) is 6.54 Å². The van der Waals surface area contributed by atoms with Crippen LogP contribution in [0.3, 0.4) is 0 Å². The Morgan fingerprint density at radius 1 is 1.32 bits per heavy atom. The van der Waals surface area contributed by atoms with Crippen LogP contribution in [0.25, 0.3) is 0 Å². The quantitative estimate of drug-likeness (QED) is 0.801. The second-order valence-electron chi connectivity index (χ2n) is 5.78. The van der Waals surface area contributed by atoms with Gasteiger partial charge in [-0.1, -0.05) is 12.1 Å². The lowest BCUT2D eigenvalue weighted by Gasteiger charge is -2.22. The fraction of sp³-hybridized carbons (Fsp3) is 0.857. The third-order valence-electron chi connectivity index (χ3n) is 4.18. The zero-order valence-electron chi connectivity index (χ0n) is 11.8. The van der Waals surface area contributed by atoms with E-state index in [1.807, 2.05) is 0 Å². The second kappa shape index (κ2) is 5.83. The van der Waals surface area contributed by atoms with Gasteiger partial charge < -0.3 is 4.52 Å². The molecule has 2 fully saturated rings. The number of nitrogens with zero attached hydrogens (tertiary/aromatic N) is 3. The molecule has 1 heterocycles. The van der Waals surface area contributed by atoms with Gasteiger partial charge in [0.25, 0.3) is 0 Å². The minimum Gasteiger partial charge on any atom is -0.339 e. The summed E-state index contributed by atoms with van der Waals surface area (Å²) in [6, 6.07) is 0.687. The molecule has 0 aromatic carbocycles. The first-order valence-electron chi connectivity index (χ1n) is 7.40. The van der Waals surface area contributed by atoms with Gasteiger partial charge in [0.2, 0.25) is 5.89 Å². The summed E-state index contributed by atoms with van der Waals surface area (Å²) < 4.78 is 5.32. The molecular weight excluding hydrogens is 258 g/mol. The molecule has 0 amide bonds. The van der Waals surface area contributed by atoms with Crippen LogP contribution in [0.4, 0.5) is 0 Å². The molecule has 0 aliphatic heterocycles. The van der Waals surface area contributed by atoms with Gasteiger partial charge in [0.1, 0.15) is 0 Å². The van der Waals surface area contributed by atoms with Gasteiger partial charge in [-0.15, -0.1) is 0 Å². The van der Waals surface area contributed by atoms with Crippen molar-refractivity contribution in [1.82, 2.24) is 15.0 Å². The lowest BCUT2D eigenvalue weighted by molar-refractivity contribution is 0.228. The molecule has 1 aromatic rings. The highest BCUT2D eigenvalue weighted by molar-refractivity contribution is 7.99. The number of aromatic nitrogens is 2. The SMILES string of the molecule is CCS[C@@H]1CC[C@H](N(C)Cc2noc(C3CC3)n2)C1. The van der Waals surface area contributed by atoms with Gasteiger partial charge in [-0.05, 0) is 44.9 Å². The van der Waals surface area contributed by atoms with Crippen LogP contribution >= 0.6 is 11.8 Å². The van der Waals surface area contributed by atoms with E-state index in [1.165, 1.54) is 37.9 Å². The zero-order valence-corrected chi connectivity index (χ0v) is 12.7. The summed E-state index contributed by atoms with van der Waals surface area (Å²) in [5, 5.41) is 4.96. The van der Waals surface area contributed by atoms with E-state index in [-0.39, 0.29) is 0 Å². The summed E-state index contributed by atoms with van der Waals surface area (Å²) in [5.41, 5.74) is 0. The van der Waals surface area contributed by atoms with Crippen LogP contribution in [-0.4, -0.2) is 39.1 Å². The van der Waals surface area contributed by atoms with E-state index >= 15 is 0 Å². The maximum Gasteiger partial charge on any atom is 0.229 e. The Morgan fingerprint density at radius 3 is 2.89 bits per heavy atom. The molecule has 0 spiro atoms. The lowest BCUT2D eigenvalue weighted by Crippen LogP contribution is -2.29. The molecule has 0 bridgehead atoms. The molecule has 2 saturated carbocycles. The molecule has 2 aliphatic rings. The molecule has 0 radical (unpaired) electrons. The fourth-order valence-electron chi connectivity index (χ4n) is 2.88. The highest BCUT2D eigenvalue weighted by Crippen LogP contribution is 2.39. The summed E-state index contributed by atoms with van der Waals surface area (Å²) in [5.74, 6) is 3.50. The highest BCUT2D eigenvalue weighted by atomic mass is 32.2. The monoisotopic (exact) mass is 281 g/mol. The normalized spacial score (nSPS) is 27.3. The minimum absolute atomic E-state index is 0.559. The summed E-state index contributed by atoms with van der Waals surface area (Å²) in [6.07, 6.45) is 6.41. The molecule has 2 aliphatic carbocycles. The Morgan fingerprint density at radius 2 is 2.16 bits per heavy atom. The summed E-state index contributed by atoms with van der Waals surface area (Å²) in [6.45, 7) is 3.07. The van der Waals surface area contributed by atoms with Gasteiger partial charge in [0, 0.05) is 17.2 Å². The molecule has 5 heteroatoms. The number of hydrogen-bond donors (Lipinski definition) is 0. The molecule has 4 nitrogen and oxygen atoms in total.